The van der Waals surface area contributed by atoms with Crippen molar-refractivity contribution in [1.82, 2.24) is 39.0 Å². The summed E-state index contributed by atoms with van der Waals surface area (Å²) in [4.78, 5) is 56.5. The van der Waals surface area contributed by atoms with Gasteiger partial charge in [0.25, 0.3) is 5.56 Å². The molecule has 4 aromatic rings. The summed E-state index contributed by atoms with van der Waals surface area (Å²) in [7, 11) is -10.1. The smallest absolute Gasteiger partial charge is 0.387 e. The highest BCUT2D eigenvalue weighted by Gasteiger charge is 2.57. The van der Waals surface area contributed by atoms with Gasteiger partial charge in [-0.3, -0.25) is 37.0 Å². The van der Waals surface area contributed by atoms with Crippen LogP contribution in [0, 0.1) is 0 Å². The summed E-state index contributed by atoms with van der Waals surface area (Å²) in [6.07, 6.45) is -5.61. The molecule has 0 spiro atoms. The average Bonchev–Trinajstić information content (AvgIpc) is 3.73. The Morgan fingerprint density at radius 1 is 0.978 bits per heavy atom. The highest BCUT2D eigenvalue weighted by molar-refractivity contribution is 7.47. The zero-order chi connectivity index (χ0) is 32.8. The second-order valence-corrected chi connectivity index (χ2v) is 13.7. The number of aromatic amines is 1. The highest BCUT2D eigenvalue weighted by Crippen LogP contribution is 2.55. The maximum absolute atomic E-state index is 13.3. The summed E-state index contributed by atoms with van der Waals surface area (Å²) in [5, 5.41) is 11.1. The van der Waals surface area contributed by atoms with Gasteiger partial charge in [-0.2, -0.15) is 4.98 Å². The van der Waals surface area contributed by atoms with Gasteiger partial charge in [0.05, 0.1) is 31.9 Å². The fourth-order valence-corrected chi connectivity index (χ4v) is 7.49. The zero-order valence-electron chi connectivity index (χ0n) is 23.5. The number of hydrogen-bond donors (Lipinski definition) is 7. The third-order valence-electron chi connectivity index (χ3n) is 7.85. The summed E-state index contributed by atoms with van der Waals surface area (Å²) < 4.78 is 62.5. The van der Waals surface area contributed by atoms with Crippen LogP contribution in [0.3, 0.4) is 0 Å². The molecule has 0 aromatic carbocycles. The number of aromatic nitrogens is 8. The molecule has 4 aromatic heterocycles. The molecule has 7 heterocycles. The number of ether oxygens (including phenoxy) is 2. The molecule has 23 nitrogen and oxygen atoms in total. The van der Waals surface area contributed by atoms with Crippen molar-refractivity contribution in [2.24, 2.45) is 5.73 Å². The predicted molar refractivity (Wildman–Crippen MR) is 150 cm³/mol. The fraction of sp³-hybridized carbons (Fsp3) is 0.524. The van der Waals surface area contributed by atoms with Gasteiger partial charge in [0.2, 0.25) is 5.95 Å². The monoisotopic (exact) mass is 687 g/mol. The summed E-state index contributed by atoms with van der Waals surface area (Å²) in [5.41, 5.74) is 15.7. The number of aliphatic hydroxyl groups excluding tert-OH is 1. The van der Waals surface area contributed by atoms with Gasteiger partial charge in [-0.1, -0.05) is 0 Å². The van der Waals surface area contributed by atoms with Crippen LogP contribution in [0.25, 0.3) is 22.3 Å². The van der Waals surface area contributed by atoms with Crippen LogP contribution >= 0.6 is 15.6 Å². The molecule has 0 radical (unpaired) electrons. The Balaban J connectivity index is 1.25. The van der Waals surface area contributed by atoms with Gasteiger partial charge in [0, 0.05) is 0 Å². The van der Waals surface area contributed by atoms with E-state index in [-0.39, 0.29) is 34.1 Å². The molecule has 248 valence electrons. The number of phosphoric ester groups is 2. The lowest BCUT2D eigenvalue weighted by atomic mass is 9.96. The molecule has 3 fully saturated rings. The molecule has 46 heavy (non-hydrogen) atoms. The lowest BCUT2D eigenvalue weighted by Crippen LogP contribution is -2.50. The number of imidazole rings is 2. The van der Waals surface area contributed by atoms with Gasteiger partial charge in [0.1, 0.15) is 41.9 Å². The molecule has 0 aliphatic carbocycles. The largest absolute Gasteiger partial charge is 0.472 e. The number of H-pyrrole nitrogens is 1. The van der Waals surface area contributed by atoms with E-state index in [9.17, 15) is 28.8 Å². The summed E-state index contributed by atoms with van der Waals surface area (Å²) in [6.45, 7) is -0.143. The van der Waals surface area contributed by atoms with Crippen LogP contribution in [0.1, 0.15) is 19.4 Å². The van der Waals surface area contributed by atoms with E-state index in [2.05, 4.69) is 29.9 Å². The van der Waals surface area contributed by atoms with Gasteiger partial charge < -0.3 is 41.6 Å². The van der Waals surface area contributed by atoms with Crippen LogP contribution in [0.15, 0.2) is 23.8 Å². The molecule has 2 unspecified atom stereocenters. The minimum Gasteiger partial charge on any atom is -0.387 e. The van der Waals surface area contributed by atoms with E-state index in [0.717, 1.165) is 12.7 Å². The number of nitrogens with one attached hydrogen (secondary N) is 1. The van der Waals surface area contributed by atoms with Crippen molar-refractivity contribution in [1.29, 1.82) is 0 Å². The third-order valence-corrected chi connectivity index (χ3v) is 9.81. The van der Waals surface area contributed by atoms with Crippen molar-refractivity contribution in [3.05, 3.63) is 29.3 Å². The van der Waals surface area contributed by atoms with Gasteiger partial charge in [0.15, 0.2) is 35.1 Å². The van der Waals surface area contributed by atoms with Gasteiger partial charge in [-0.15, -0.1) is 0 Å². The zero-order valence-corrected chi connectivity index (χ0v) is 25.2. The van der Waals surface area contributed by atoms with Crippen LogP contribution in [-0.2, 0) is 36.7 Å². The Hall–Kier alpha value is -3.44. The molecule has 3 aliphatic heterocycles. The van der Waals surface area contributed by atoms with Crippen molar-refractivity contribution < 1.29 is 51.6 Å². The van der Waals surface area contributed by atoms with E-state index in [1.54, 1.807) is 0 Å². The molecule has 25 heteroatoms. The Labute approximate surface area is 255 Å². The normalized spacial score (nSPS) is 38.8. The number of fused-ring (bicyclic) bond motifs is 6. The Morgan fingerprint density at radius 3 is 2.41 bits per heavy atom. The molecule has 10 atom stereocenters. The molecule has 0 saturated carbocycles. The lowest BCUT2D eigenvalue weighted by molar-refractivity contribution is -0.103. The molecule has 4 bridgehead atoms. The van der Waals surface area contributed by atoms with Crippen molar-refractivity contribution in [2.75, 3.05) is 24.7 Å². The summed E-state index contributed by atoms with van der Waals surface area (Å²) >= 11 is 0. The molecule has 7 rings (SSSR count). The first-order chi connectivity index (χ1) is 21.7. The van der Waals surface area contributed by atoms with Crippen LogP contribution in [0.2, 0.25) is 0 Å². The van der Waals surface area contributed by atoms with E-state index in [1.165, 1.54) is 22.4 Å². The third kappa shape index (κ3) is 5.19. The number of phosphoric acid groups is 2. The number of nitrogens with zero attached hydrogens (tertiary/aromatic N) is 7. The average molecular weight is 687 g/mol. The first-order valence-electron chi connectivity index (χ1n) is 13.4. The van der Waals surface area contributed by atoms with E-state index in [4.69, 9.17) is 44.8 Å². The Kier molecular flexibility index (Phi) is 7.32. The molecule has 3 aliphatic rings. The number of rotatable bonds is 2. The molecule has 3 saturated heterocycles. The van der Waals surface area contributed by atoms with Crippen LogP contribution in [-0.4, -0.2) is 103 Å². The van der Waals surface area contributed by atoms with Crippen LogP contribution < -0.4 is 22.8 Å². The topological polar surface area (TPSA) is 335 Å². The van der Waals surface area contributed by atoms with Gasteiger partial charge in [-0.05, 0) is 6.92 Å². The van der Waals surface area contributed by atoms with E-state index in [0.29, 0.717) is 0 Å². The Morgan fingerprint density at radius 2 is 1.65 bits per heavy atom. The SMILES string of the molecule is C[C@]12COP(=O)(O)O[C@@H]3[C@H](O)[C@@H](COP(=O)(O)O[C@@H]([C@H](n4cnc5c(=O)[nH]c(N)nc54)O1)[C@@H]2N)O[C@H]3n1cnc2c(N)ncnc21. The number of aliphatic hydroxyl groups is 1. The molecular formula is C21H27N11O12P2. The summed E-state index contributed by atoms with van der Waals surface area (Å²) in [5.74, 6) is -0.232. The highest BCUT2D eigenvalue weighted by atomic mass is 31.2. The minimum atomic E-state index is -5.06. The number of nitrogens with two attached hydrogens (primary N) is 3. The van der Waals surface area contributed by atoms with E-state index >= 15 is 0 Å². The first kappa shape index (κ1) is 31.2. The number of anilines is 2. The van der Waals surface area contributed by atoms with Gasteiger partial charge in [-0.25, -0.2) is 29.1 Å². The maximum Gasteiger partial charge on any atom is 0.472 e. The van der Waals surface area contributed by atoms with Crippen molar-refractivity contribution >= 4 is 49.7 Å². The summed E-state index contributed by atoms with van der Waals surface area (Å²) in [6, 6.07) is -1.34. The Bertz CT molecular complexity index is 1990. The van der Waals surface area contributed by atoms with Crippen molar-refractivity contribution in [3.63, 3.8) is 0 Å². The molecular weight excluding hydrogens is 660 g/mol. The van der Waals surface area contributed by atoms with E-state index < -0.39 is 82.9 Å². The number of hydrogen-bond acceptors (Lipinski definition) is 18. The first-order valence-corrected chi connectivity index (χ1v) is 16.4. The maximum atomic E-state index is 13.3. The lowest BCUT2D eigenvalue weighted by Gasteiger charge is -2.30. The standard InChI is InChI=1S/C21H27N11O12P2/c1-21-3-40-46(37,38)43-11-10(33)7(41-18(11)31-5-27-8-14(23)25-4-26-15(8)31)2-39-45(35,36)44-12(13(21)22)19(42-21)32-6-28-9-16(32)29-20(24)30-17(9)34/h4-7,10-13,18-19,33H,2-3,22H2,1H3,(H,35,36)(H,37,38)(H2,23,25,26)(H3,24,29,30,34)/t7-,10-,11-,12-,13+,18-,19-,21-/m1/s1. The quantitative estimate of drug-likeness (QED) is 0.112. The fourth-order valence-electron chi connectivity index (χ4n) is 5.53. The van der Waals surface area contributed by atoms with E-state index in [1.807, 2.05) is 0 Å². The van der Waals surface area contributed by atoms with Crippen molar-refractivity contribution in [2.45, 2.75) is 55.4 Å². The number of nitrogen functional groups attached to an aromatic ring is 2. The second kappa shape index (κ2) is 10.8. The predicted octanol–water partition coefficient (Wildman–Crippen LogP) is -1.98. The van der Waals surface area contributed by atoms with Gasteiger partial charge >= 0.3 is 15.6 Å². The second-order valence-electron chi connectivity index (χ2n) is 10.9. The minimum absolute atomic E-state index is 0.0280. The van der Waals surface area contributed by atoms with Crippen LogP contribution in [0.5, 0.6) is 0 Å². The van der Waals surface area contributed by atoms with Crippen LogP contribution in [0.4, 0.5) is 11.8 Å². The molecule has 10 N–H and O–H groups in total. The van der Waals surface area contributed by atoms with Crippen molar-refractivity contribution in [3.8, 4) is 0 Å². The molecule has 0 amide bonds.